The summed E-state index contributed by atoms with van der Waals surface area (Å²) in [6, 6.07) is 9.48. The molecule has 3 aromatic heterocycles. The number of hydrogen-bond acceptors (Lipinski definition) is 4. The molecule has 0 saturated heterocycles. The molecule has 120 valence electrons. The quantitative estimate of drug-likeness (QED) is 0.527. The van der Waals surface area contributed by atoms with Crippen molar-refractivity contribution in [1.82, 2.24) is 9.38 Å². The number of amides is 1. The van der Waals surface area contributed by atoms with Crippen LogP contribution in [0.1, 0.15) is 16.1 Å². The fourth-order valence-corrected chi connectivity index (χ4v) is 4.07. The maximum absolute atomic E-state index is 12.6. The average molecular weight is 374 g/mol. The second kappa shape index (κ2) is 6.05. The van der Waals surface area contributed by atoms with E-state index in [2.05, 4.69) is 10.3 Å². The van der Waals surface area contributed by atoms with E-state index in [1.165, 1.54) is 11.3 Å². The average Bonchev–Trinajstić information content (AvgIpc) is 3.25. The molecule has 0 aliphatic heterocycles. The minimum atomic E-state index is -0.184. The van der Waals surface area contributed by atoms with Crippen molar-refractivity contribution in [3.8, 4) is 10.6 Å². The van der Waals surface area contributed by atoms with Crippen LogP contribution in [0.3, 0.4) is 0 Å². The number of anilines is 1. The molecule has 1 aromatic carbocycles. The van der Waals surface area contributed by atoms with E-state index in [1.54, 1.807) is 17.4 Å². The number of carbonyl (C=O) groups is 1. The van der Waals surface area contributed by atoms with Gasteiger partial charge in [0.2, 0.25) is 0 Å². The number of nitrogens with one attached hydrogen (secondary N) is 1. The minimum Gasteiger partial charge on any atom is -0.321 e. The van der Waals surface area contributed by atoms with E-state index in [0.717, 1.165) is 21.1 Å². The lowest BCUT2D eigenvalue weighted by molar-refractivity contribution is 0.102. The SMILES string of the molecule is Cc1ccc(NC(=O)c2csc3nc(-c4cccs4)cn23)cc1Cl. The Kier molecular flexibility index (Phi) is 3.88. The Labute approximate surface area is 151 Å². The molecule has 4 nitrogen and oxygen atoms in total. The first kappa shape index (κ1) is 15.4. The van der Waals surface area contributed by atoms with Crippen molar-refractivity contribution in [2.24, 2.45) is 0 Å². The summed E-state index contributed by atoms with van der Waals surface area (Å²) >= 11 is 9.19. The predicted octanol–water partition coefficient (Wildman–Crippen LogP) is 5.34. The fourth-order valence-electron chi connectivity index (χ4n) is 2.36. The number of aryl methyl sites for hydroxylation is 1. The molecule has 4 aromatic rings. The van der Waals surface area contributed by atoms with Gasteiger partial charge in [0.1, 0.15) is 11.4 Å². The summed E-state index contributed by atoms with van der Waals surface area (Å²) in [7, 11) is 0. The van der Waals surface area contributed by atoms with Crippen LogP contribution in [0.25, 0.3) is 15.5 Å². The molecule has 1 N–H and O–H groups in total. The molecule has 0 radical (unpaired) electrons. The minimum absolute atomic E-state index is 0.184. The summed E-state index contributed by atoms with van der Waals surface area (Å²) in [6.45, 7) is 1.92. The van der Waals surface area contributed by atoms with Gasteiger partial charge in [-0.3, -0.25) is 9.20 Å². The number of carbonyl (C=O) groups excluding carboxylic acids is 1. The summed E-state index contributed by atoms with van der Waals surface area (Å²) in [4.78, 5) is 19.1. The van der Waals surface area contributed by atoms with Crippen molar-refractivity contribution in [1.29, 1.82) is 0 Å². The molecule has 0 aliphatic carbocycles. The van der Waals surface area contributed by atoms with Gasteiger partial charge in [0, 0.05) is 22.3 Å². The molecule has 0 atom stereocenters. The summed E-state index contributed by atoms with van der Waals surface area (Å²) < 4.78 is 1.82. The summed E-state index contributed by atoms with van der Waals surface area (Å²) in [5.41, 5.74) is 3.09. The normalized spacial score (nSPS) is 11.1. The molecule has 0 unspecified atom stereocenters. The molecule has 0 fully saturated rings. The number of thiazole rings is 1. The van der Waals surface area contributed by atoms with Crippen LogP contribution < -0.4 is 5.32 Å². The third-order valence-corrected chi connectivity index (χ3v) is 5.78. The molecular weight excluding hydrogens is 362 g/mol. The number of fused-ring (bicyclic) bond motifs is 1. The number of halogens is 1. The van der Waals surface area contributed by atoms with Gasteiger partial charge in [-0.2, -0.15) is 0 Å². The zero-order valence-corrected chi connectivity index (χ0v) is 15.0. The predicted molar refractivity (Wildman–Crippen MR) is 101 cm³/mol. The van der Waals surface area contributed by atoms with Gasteiger partial charge in [-0.15, -0.1) is 22.7 Å². The lowest BCUT2D eigenvalue weighted by Gasteiger charge is -2.06. The van der Waals surface area contributed by atoms with Crippen molar-refractivity contribution in [2.45, 2.75) is 6.92 Å². The Morgan fingerprint density at radius 1 is 1.29 bits per heavy atom. The maximum Gasteiger partial charge on any atom is 0.273 e. The van der Waals surface area contributed by atoms with Crippen molar-refractivity contribution in [2.75, 3.05) is 5.32 Å². The molecule has 4 rings (SSSR count). The van der Waals surface area contributed by atoms with Gasteiger partial charge < -0.3 is 5.32 Å². The molecule has 0 bridgehead atoms. The van der Waals surface area contributed by atoms with Gasteiger partial charge in [0.05, 0.1) is 4.88 Å². The Bertz CT molecular complexity index is 1030. The molecule has 1 amide bonds. The number of benzene rings is 1. The Hall–Kier alpha value is -2.15. The van der Waals surface area contributed by atoms with Crippen molar-refractivity contribution < 1.29 is 4.79 Å². The van der Waals surface area contributed by atoms with Crippen LogP contribution in [0.5, 0.6) is 0 Å². The largest absolute Gasteiger partial charge is 0.321 e. The Morgan fingerprint density at radius 3 is 2.92 bits per heavy atom. The van der Waals surface area contributed by atoms with Gasteiger partial charge in [0.15, 0.2) is 4.96 Å². The van der Waals surface area contributed by atoms with E-state index in [0.29, 0.717) is 16.4 Å². The molecular formula is C17H12ClN3OS2. The highest BCUT2D eigenvalue weighted by atomic mass is 35.5. The van der Waals surface area contributed by atoms with Gasteiger partial charge >= 0.3 is 0 Å². The number of rotatable bonds is 3. The van der Waals surface area contributed by atoms with Crippen LogP contribution in [0.15, 0.2) is 47.3 Å². The number of nitrogens with zero attached hydrogens (tertiary/aromatic N) is 2. The third kappa shape index (κ3) is 2.73. The Balaban J connectivity index is 1.65. The monoisotopic (exact) mass is 373 g/mol. The smallest absolute Gasteiger partial charge is 0.273 e. The molecule has 7 heteroatoms. The van der Waals surface area contributed by atoms with Gasteiger partial charge in [-0.05, 0) is 36.1 Å². The summed E-state index contributed by atoms with van der Waals surface area (Å²) in [5.74, 6) is -0.184. The third-order valence-electron chi connectivity index (χ3n) is 3.65. The zero-order chi connectivity index (χ0) is 16.7. The molecule has 0 spiro atoms. The summed E-state index contributed by atoms with van der Waals surface area (Å²) in [5, 5.41) is 7.34. The molecule has 24 heavy (non-hydrogen) atoms. The standard InChI is InChI=1S/C17H12ClN3OS2/c1-10-4-5-11(7-12(10)18)19-16(22)14-9-24-17-20-13(8-21(14)17)15-3-2-6-23-15/h2-9H,1H3,(H,19,22). The van der Waals surface area contributed by atoms with Crippen LogP contribution in [0.2, 0.25) is 5.02 Å². The topological polar surface area (TPSA) is 46.4 Å². The van der Waals surface area contributed by atoms with Crippen molar-refractivity contribution >= 4 is 50.8 Å². The highest BCUT2D eigenvalue weighted by molar-refractivity contribution is 7.15. The first-order chi connectivity index (χ1) is 11.6. The number of thiophene rings is 1. The van der Waals surface area contributed by atoms with Crippen molar-refractivity contribution in [3.63, 3.8) is 0 Å². The van der Waals surface area contributed by atoms with Crippen molar-refractivity contribution in [3.05, 3.63) is 63.6 Å². The van der Waals surface area contributed by atoms with E-state index in [9.17, 15) is 4.79 Å². The fraction of sp³-hybridized carbons (Fsp3) is 0.0588. The van der Waals surface area contributed by atoms with E-state index in [-0.39, 0.29) is 5.91 Å². The van der Waals surface area contributed by atoms with Crippen LogP contribution in [0, 0.1) is 6.92 Å². The van der Waals surface area contributed by atoms with E-state index in [4.69, 9.17) is 11.6 Å². The number of imidazole rings is 1. The second-order valence-corrected chi connectivity index (χ2v) is 7.49. The number of aromatic nitrogens is 2. The lowest BCUT2D eigenvalue weighted by atomic mass is 10.2. The first-order valence-electron chi connectivity index (χ1n) is 7.20. The van der Waals surface area contributed by atoms with Crippen LogP contribution >= 0.6 is 34.3 Å². The highest BCUT2D eigenvalue weighted by Gasteiger charge is 2.16. The molecule has 0 aliphatic rings. The first-order valence-corrected chi connectivity index (χ1v) is 9.33. The molecule has 3 heterocycles. The zero-order valence-electron chi connectivity index (χ0n) is 12.6. The number of hydrogen-bond donors (Lipinski definition) is 1. The van der Waals surface area contributed by atoms with E-state index < -0.39 is 0 Å². The van der Waals surface area contributed by atoms with E-state index >= 15 is 0 Å². The molecule has 0 saturated carbocycles. The van der Waals surface area contributed by atoms with E-state index in [1.807, 2.05) is 52.5 Å². The summed E-state index contributed by atoms with van der Waals surface area (Å²) in [6.07, 6.45) is 1.90. The highest BCUT2D eigenvalue weighted by Crippen LogP contribution is 2.27. The van der Waals surface area contributed by atoms with Crippen LogP contribution in [-0.2, 0) is 0 Å². The lowest BCUT2D eigenvalue weighted by Crippen LogP contribution is -2.13. The Morgan fingerprint density at radius 2 is 2.17 bits per heavy atom. The second-order valence-electron chi connectivity index (χ2n) is 5.30. The maximum atomic E-state index is 12.6. The van der Waals surface area contributed by atoms with Gasteiger partial charge in [0.25, 0.3) is 5.91 Å². The van der Waals surface area contributed by atoms with Gasteiger partial charge in [-0.1, -0.05) is 23.7 Å². The van der Waals surface area contributed by atoms with Gasteiger partial charge in [-0.25, -0.2) is 4.98 Å². The van der Waals surface area contributed by atoms with Crippen LogP contribution in [0.4, 0.5) is 5.69 Å². The van der Waals surface area contributed by atoms with Crippen LogP contribution in [-0.4, -0.2) is 15.3 Å².